The molecule has 1 rings (SSSR count). The van der Waals surface area contributed by atoms with Crippen LogP contribution < -0.4 is 0 Å². The molecule has 1 aromatic rings. The standard InChI is InChI=1S/C9H13BrN2O/c1-7-3-4-11-9(12-7)5-8(10)6-13-2/h3-4,8H,5-6H2,1-2H3. The van der Waals surface area contributed by atoms with Gasteiger partial charge < -0.3 is 4.74 Å². The third-order valence-electron chi connectivity index (χ3n) is 1.60. The van der Waals surface area contributed by atoms with Crippen molar-refractivity contribution in [2.75, 3.05) is 13.7 Å². The van der Waals surface area contributed by atoms with E-state index in [2.05, 4.69) is 25.9 Å². The molecule has 1 heterocycles. The van der Waals surface area contributed by atoms with Gasteiger partial charge in [-0.3, -0.25) is 0 Å². The Bertz CT molecular complexity index is 268. The number of aryl methyl sites for hydroxylation is 1. The van der Waals surface area contributed by atoms with Gasteiger partial charge in [-0.2, -0.15) is 0 Å². The minimum absolute atomic E-state index is 0.291. The third kappa shape index (κ3) is 3.83. The molecular weight excluding hydrogens is 232 g/mol. The first-order chi connectivity index (χ1) is 6.22. The highest BCUT2D eigenvalue weighted by Gasteiger charge is 2.06. The molecule has 1 unspecified atom stereocenters. The molecule has 0 saturated carbocycles. The van der Waals surface area contributed by atoms with Gasteiger partial charge in [0.1, 0.15) is 5.82 Å². The fraction of sp³-hybridized carbons (Fsp3) is 0.556. The molecule has 3 nitrogen and oxygen atoms in total. The highest BCUT2D eigenvalue weighted by atomic mass is 79.9. The summed E-state index contributed by atoms with van der Waals surface area (Å²) in [7, 11) is 1.69. The van der Waals surface area contributed by atoms with Crippen molar-refractivity contribution >= 4 is 15.9 Å². The Morgan fingerprint density at radius 3 is 3.00 bits per heavy atom. The Kier molecular flexibility index (Phi) is 4.32. The van der Waals surface area contributed by atoms with Gasteiger partial charge in [0, 0.05) is 30.2 Å². The zero-order chi connectivity index (χ0) is 9.68. The van der Waals surface area contributed by atoms with E-state index in [4.69, 9.17) is 4.74 Å². The highest BCUT2D eigenvalue weighted by Crippen LogP contribution is 2.06. The molecule has 0 N–H and O–H groups in total. The molecule has 72 valence electrons. The molecular formula is C9H13BrN2O. The van der Waals surface area contributed by atoms with Gasteiger partial charge in [-0.15, -0.1) is 0 Å². The Morgan fingerprint density at radius 1 is 1.62 bits per heavy atom. The zero-order valence-corrected chi connectivity index (χ0v) is 9.41. The maximum Gasteiger partial charge on any atom is 0.129 e. The van der Waals surface area contributed by atoms with Crippen LogP contribution >= 0.6 is 15.9 Å². The number of aromatic nitrogens is 2. The lowest BCUT2D eigenvalue weighted by molar-refractivity contribution is 0.200. The predicted octanol–water partition coefficient (Wildman–Crippen LogP) is 1.74. The van der Waals surface area contributed by atoms with Gasteiger partial charge in [0.05, 0.1) is 6.61 Å². The molecule has 0 amide bonds. The van der Waals surface area contributed by atoms with Crippen molar-refractivity contribution in [2.24, 2.45) is 0 Å². The SMILES string of the molecule is COCC(Br)Cc1nccc(C)n1. The summed E-state index contributed by atoms with van der Waals surface area (Å²) >= 11 is 3.49. The molecule has 0 aliphatic heterocycles. The minimum Gasteiger partial charge on any atom is -0.384 e. The van der Waals surface area contributed by atoms with Crippen molar-refractivity contribution in [1.29, 1.82) is 0 Å². The van der Waals surface area contributed by atoms with Crippen LogP contribution in [0.2, 0.25) is 0 Å². The second-order valence-electron chi connectivity index (χ2n) is 2.87. The molecule has 13 heavy (non-hydrogen) atoms. The summed E-state index contributed by atoms with van der Waals surface area (Å²) < 4.78 is 5.00. The molecule has 0 saturated heterocycles. The monoisotopic (exact) mass is 244 g/mol. The maximum atomic E-state index is 5.00. The first-order valence-electron chi connectivity index (χ1n) is 4.14. The predicted molar refractivity (Wildman–Crippen MR) is 55.1 cm³/mol. The first-order valence-corrected chi connectivity index (χ1v) is 5.05. The zero-order valence-electron chi connectivity index (χ0n) is 7.83. The van der Waals surface area contributed by atoms with Crippen molar-refractivity contribution < 1.29 is 4.74 Å². The third-order valence-corrected chi connectivity index (χ3v) is 2.18. The number of hydrogen-bond acceptors (Lipinski definition) is 3. The van der Waals surface area contributed by atoms with Crippen molar-refractivity contribution in [2.45, 2.75) is 18.2 Å². The number of ether oxygens (including phenoxy) is 1. The van der Waals surface area contributed by atoms with Gasteiger partial charge >= 0.3 is 0 Å². The summed E-state index contributed by atoms with van der Waals surface area (Å²) in [6.45, 7) is 2.64. The number of nitrogens with zero attached hydrogens (tertiary/aromatic N) is 2. The number of halogens is 1. The molecule has 0 aromatic carbocycles. The second-order valence-corrected chi connectivity index (χ2v) is 4.17. The van der Waals surface area contributed by atoms with E-state index in [0.717, 1.165) is 17.9 Å². The van der Waals surface area contributed by atoms with Crippen LogP contribution in [0.3, 0.4) is 0 Å². The Morgan fingerprint density at radius 2 is 2.38 bits per heavy atom. The van der Waals surface area contributed by atoms with Crippen LogP contribution in [0, 0.1) is 6.92 Å². The number of rotatable bonds is 4. The normalized spacial score (nSPS) is 12.8. The molecule has 0 radical (unpaired) electrons. The first kappa shape index (κ1) is 10.6. The van der Waals surface area contributed by atoms with E-state index in [9.17, 15) is 0 Å². The van der Waals surface area contributed by atoms with E-state index < -0.39 is 0 Å². The molecule has 1 atom stereocenters. The van der Waals surface area contributed by atoms with Crippen LogP contribution in [0.15, 0.2) is 12.3 Å². The van der Waals surface area contributed by atoms with Crippen molar-refractivity contribution in [1.82, 2.24) is 9.97 Å². The van der Waals surface area contributed by atoms with Gasteiger partial charge in [-0.1, -0.05) is 15.9 Å². The minimum atomic E-state index is 0.291. The second kappa shape index (κ2) is 5.29. The lowest BCUT2D eigenvalue weighted by Crippen LogP contribution is -2.12. The summed E-state index contributed by atoms with van der Waals surface area (Å²) in [5.74, 6) is 0.860. The molecule has 0 aliphatic carbocycles. The lowest BCUT2D eigenvalue weighted by Gasteiger charge is -2.06. The van der Waals surface area contributed by atoms with Crippen LogP contribution in [0.5, 0.6) is 0 Å². The average Bonchev–Trinajstić information content (AvgIpc) is 2.04. The number of alkyl halides is 1. The van der Waals surface area contributed by atoms with Crippen LogP contribution in [0.25, 0.3) is 0 Å². The quantitative estimate of drug-likeness (QED) is 0.758. The molecule has 0 bridgehead atoms. The van der Waals surface area contributed by atoms with Crippen LogP contribution in [-0.2, 0) is 11.2 Å². The summed E-state index contributed by atoms with van der Waals surface area (Å²) in [5.41, 5.74) is 1.00. The van der Waals surface area contributed by atoms with E-state index in [1.54, 1.807) is 13.3 Å². The average molecular weight is 245 g/mol. The number of hydrogen-bond donors (Lipinski definition) is 0. The number of methoxy groups -OCH3 is 1. The Balaban J connectivity index is 2.53. The Labute approximate surface area is 86.7 Å². The van der Waals surface area contributed by atoms with E-state index in [-0.39, 0.29) is 0 Å². The largest absolute Gasteiger partial charge is 0.384 e. The molecule has 4 heteroatoms. The summed E-state index contributed by atoms with van der Waals surface area (Å²) in [5, 5.41) is 0. The summed E-state index contributed by atoms with van der Waals surface area (Å²) in [4.78, 5) is 8.75. The van der Waals surface area contributed by atoms with Crippen LogP contribution in [0.1, 0.15) is 11.5 Å². The topological polar surface area (TPSA) is 35.0 Å². The highest BCUT2D eigenvalue weighted by molar-refractivity contribution is 9.09. The lowest BCUT2D eigenvalue weighted by atomic mass is 10.3. The fourth-order valence-corrected chi connectivity index (χ4v) is 1.59. The van der Waals surface area contributed by atoms with Gasteiger partial charge in [-0.05, 0) is 13.0 Å². The molecule has 0 fully saturated rings. The molecule has 1 aromatic heterocycles. The van der Waals surface area contributed by atoms with Crippen molar-refractivity contribution in [3.05, 3.63) is 23.8 Å². The van der Waals surface area contributed by atoms with Crippen LogP contribution in [0.4, 0.5) is 0 Å². The van der Waals surface area contributed by atoms with E-state index >= 15 is 0 Å². The van der Waals surface area contributed by atoms with Gasteiger partial charge in [0.25, 0.3) is 0 Å². The molecule has 0 spiro atoms. The maximum absolute atomic E-state index is 5.00. The van der Waals surface area contributed by atoms with E-state index in [1.807, 2.05) is 13.0 Å². The molecule has 0 aliphatic rings. The van der Waals surface area contributed by atoms with Crippen molar-refractivity contribution in [3.63, 3.8) is 0 Å². The fourth-order valence-electron chi connectivity index (χ4n) is 1.04. The summed E-state index contributed by atoms with van der Waals surface area (Å²) in [6, 6.07) is 1.89. The van der Waals surface area contributed by atoms with Gasteiger partial charge in [0.15, 0.2) is 0 Å². The van der Waals surface area contributed by atoms with Crippen LogP contribution in [-0.4, -0.2) is 28.5 Å². The summed E-state index contributed by atoms with van der Waals surface area (Å²) in [6.07, 6.45) is 2.58. The van der Waals surface area contributed by atoms with Crippen molar-refractivity contribution in [3.8, 4) is 0 Å². The van der Waals surface area contributed by atoms with E-state index in [0.29, 0.717) is 11.4 Å². The van der Waals surface area contributed by atoms with E-state index in [1.165, 1.54) is 0 Å². The Hall–Kier alpha value is -0.480. The van der Waals surface area contributed by atoms with Gasteiger partial charge in [-0.25, -0.2) is 9.97 Å². The smallest absolute Gasteiger partial charge is 0.129 e. The van der Waals surface area contributed by atoms with Gasteiger partial charge in [0.2, 0.25) is 0 Å².